The minimum absolute atomic E-state index is 0.0819. The zero-order valence-corrected chi connectivity index (χ0v) is 68.5. The normalized spacial score (nSPS) is 14.8. The number of ether oxygens (including phenoxy) is 3. The van der Waals surface area contributed by atoms with E-state index < -0.39 is 91.5 Å². The Labute approximate surface area is 650 Å². The van der Waals surface area contributed by atoms with Crippen LogP contribution in [0.5, 0.6) is 0 Å². The van der Waals surface area contributed by atoms with Crippen LogP contribution in [0.3, 0.4) is 0 Å². The van der Waals surface area contributed by atoms with Gasteiger partial charge < -0.3 is 34.2 Å². The maximum atomic E-state index is 13.0. The van der Waals surface area contributed by atoms with Crippen LogP contribution >= 0.6 is 15.6 Å². The van der Waals surface area contributed by atoms with Crippen LogP contribution in [0, 0.1) is 0 Å². The zero-order chi connectivity index (χ0) is 78.0. The number of allylic oxidation sites excluding steroid dienone is 28. The van der Waals surface area contributed by atoms with E-state index in [0.29, 0.717) is 19.3 Å². The van der Waals surface area contributed by atoms with E-state index in [1.54, 1.807) is 0 Å². The van der Waals surface area contributed by atoms with Gasteiger partial charge in [0.2, 0.25) is 0 Å². The van der Waals surface area contributed by atoms with Crippen LogP contribution in [0.25, 0.3) is 0 Å². The largest absolute Gasteiger partial charge is 0.472 e. The summed E-state index contributed by atoms with van der Waals surface area (Å²) in [6.07, 6.45) is 102. The average molecular weight is 1540 g/mol. The number of aliphatic hydroxyl groups is 2. The molecule has 0 fully saturated rings. The highest BCUT2D eigenvalue weighted by Gasteiger charge is 2.29. The molecule has 0 aromatic rings. The van der Waals surface area contributed by atoms with Crippen molar-refractivity contribution in [2.24, 2.45) is 0 Å². The van der Waals surface area contributed by atoms with Crippen molar-refractivity contribution < 1.29 is 75.8 Å². The van der Waals surface area contributed by atoms with Gasteiger partial charge in [-0.2, -0.15) is 0 Å². The van der Waals surface area contributed by atoms with Crippen LogP contribution in [-0.4, -0.2) is 95.9 Å². The van der Waals surface area contributed by atoms with Crippen LogP contribution in [0.2, 0.25) is 0 Å². The average Bonchev–Trinajstić information content (AvgIpc) is 0.914. The third-order valence-corrected chi connectivity index (χ3v) is 18.8. The Morgan fingerprint density at radius 2 is 0.495 bits per heavy atom. The number of unbranched alkanes of at least 4 members (excludes halogenated alkanes) is 26. The van der Waals surface area contributed by atoms with Crippen molar-refractivity contribution in [3.8, 4) is 0 Å². The highest BCUT2D eigenvalue weighted by molar-refractivity contribution is 7.47. The van der Waals surface area contributed by atoms with E-state index in [2.05, 4.69) is 191 Å². The topological polar surface area (TPSA) is 231 Å². The Morgan fingerprint density at radius 3 is 0.785 bits per heavy atom. The molecule has 4 N–H and O–H groups in total. The molecule has 18 heteroatoms. The van der Waals surface area contributed by atoms with Gasteiger partial charge in [-0.15, -0.1) is 0 Å². The van der Waals surface area contributed by atoms with Crippen LogP contribution in [0.15, 0.2) is 170 Å². The molecule has 0 bridgehead atoms. The summed E-state index contributed by atoms with van der Waals surface area (Å²) in [5.41, 5.74) is 0. The highest BCUT2D eigenvalue weighted by atomic mass is 31.2. The van der Waals surface area contributed by atoms with Gasteiger partial charge in [0.05, 0.1) is 26.4 Å². The lowest BCUT2D eigenvalue weighted by molar-refractivity contribution is -0.161. The maximum absolute atomic E-state index is 13.0. The number of hydrogen-bond acceptors (Lipinski definition) is 14. The van der Waals surface area contributed by atoms with Gasteiger partial charge in [-0.3, -0.25) is 32.5 Å². The fraction of sp³-hybridized carbons (Fsp3) is 0.652. The summed E-state index contributed by atoms with van der Waals surface area (Å²) in [4.78, 5) is 58.8. The Hall–Kier alpha value is -5.09. The van der Waals surface area contributed by atoms with Crippen molar-refractivity contribution in [1.29, 1.82) is 0 Å². The first-order chi connectivity index (χ1) is 52.2. The van der Waals surface area contributed by atoms with Crippen LogP contribution in [0.1, 0.15) is 316 Å². The number of hydrogen-bond donors (Lipinski definition) is 4. The van der Waals surface area contributed by atoms with E-state index in [4.69, 9.17) is 32.3 Å². The quantitative estimate of drug-likeness (QED) is 0.0146. The lowest BCUT2D eigenvalue weighted by Crippen LogP contribution is -2.30. The molecule has 107 heavy (non-hydrogen) atoms. The van der Waals surface area contributed by atoms with Gasteiger partial charge in [0.1, 0.15) is 25.4 Å². The second-order valence-corrected chi connectivity index (χ2v) is 30.1. The van der Waals surface area contributed by atoms with Crippen molar-refractivity contribution >= 4 is 33.6 Å². The SMILES string of the molecule is CC/C=C\C/C=C\C/C=C\C/C=C\C/C=C\C/C=C\CCCCCCCCCCCCC(=O)OCC(O)COP(=O)(O)OCC(O)COP(=O)(O)OCC(COC(=O)CCCCCCCCCC/C=C\C/C=C\C/C=C\C/C=C\C/C=C\C/C=C\CC)OC(=O)CCCCCCC/C=C\C/C=C\CCCCC. The van der Waals surface area contributed by atoms with Crippen LogP contribution < -0.4 is 0 Å². The number of carbonyl (C=O) groups excluding carboxylic acids is 3. The van der Waals surface area contributed by atoms with Gasteiger partial charge >= 0.3 is 33.6 Å². The summed E-state index contributed by atoms with van der Waals surface area (Å²) < 4.78 is 61.2. The monoisotopic (exact) mass is 1540 g/mol. The lowest BCUT2D eigenvalue weighted by Gasteiger charge is -2.21. The Balaban J connectivity index is 4.58. The summed E-state index contributed by atoms with van der Waals surface area (Å²) in [7, 11) is -9.81. The second-order valence-electron chi connectivity index (χ2n) is 27.2. The van der Waals surface area contributed by atoms with Crippen LogP contribution in [-0.2, 0) is 55.8 Å². The van der Waals surface area contributed by atoms with Crippen molar-refractivity contribution in [2.75, 3.05) is 39.6 Å². The molecule has 0 spiro atoms. The number of phosphoric acid groups is 2. The second kappa shape index (κ2) is 80.4. The van der Waals surface area contributed by atoms with E-state index in [1.807, 2.05) is 0 Å². The molecule has 0 rings (SSSR count). The third-order valence-electron chi connectivity index (χ3n) is 16.9. The predicted octanol–water partition coefficient (Wildman–Crippen LogP) is 24.8. The van der Waals surface area contributed by atoms with Crippen molar-refractivity contribution in [1.82, 2.24) is 0 Å². The molecule has 5 atom stereocenters. The van der Waals surface area contributed by atoms with Gasteiger partial charge in [-0.1, -0.05) is 313 Å². The predicted molar refractivity (Wildman–Crippen MR) is 445 cm³/mol. The minimum atomic E-state index is -4.94. The lowest BCUT2D eigenvalue weighted by atomic mass is 10.1. The van der Waals surface area contributed by atoms with E-state index in [1.165, 1.54) is 57.8 Å². The molecular weight excluding hydrogens is 1390 g/mol. The molecule has 0 aliphatic rings. The molecular formula is C89H148O16P2. The number of esters is 3. The maximum Gasteiger partial charge on any atom is 0.472 e. The molecule has 0 saturated carbocycles. The first kappa shape index (κ1) is 102. The van der Waals surface area contributed by atoms with Gasteiger partial charge in [0.15, 0.2) is 6.10 Å². The summed E-state index contributed by atoms with van der Waals surface area (Å²) in [6, 6.07) is 0. The van der Waals surface area contributed by atoms with Gasteiger partial charge in [0, 0.05) is 19.3 Å². The standard InChI is InChI=1S/C89H148O16P2/c1-4-7-10-13-16-19-22-25-28-30-32-34-36-38-40-41-43-45-46-48-50-52-55-57-60-63-66-69-72-75-87(92)99-78-84(90)79-101-106(95,96)102-80-85(91)81-103-107(97,98)104-83-86(105-89(94)77-74-71-68-65-62-59-54-27-24-21-18-15-12-9-6-3)82-100-88(93)76-73-70-67-64-61-58-56-53-51-49-47-44-42-39-37-35-33-31-29-26-23-20-17-14-11-8-5-2/h7-8,10-11,16-21,25-29,32-35,38-40,42-43,45,47,49,54,84-86,90-91H,4-6,9,12-15,22-24,30-31,36-37,41,44,46,48,50-53,55-83H2,1-3H3,(H,95,96)(H,97,98)/b10-7-,11-8-,19-16-,20-17-,21-18-,28-25-,29-26-,34-32-,35-33-,40-38-,42-39-,45-43-,49-47-,54-27-. The summed E-state index contributed by atoms with van der Waals surface area (Å²) in [6.45, 7) is 2.40. The first-order valence-electron chi connectivity index (χ1n) is 41.4. The Kier molecular flexibility index (Phi) is 76.6. The first-order valence-corrected chi connectivity index (χ1v) is 44.4. The number of carbonyl (C=O) groups is 3. The molecule has 0 saturated heterocycles. The Bertz CT molecular complexity index is 2620. The fourth-order valence-electron chi connectivity index (χ4n) is 10.7. The molecule has 0 aromatic heterocycles. The summed E-state index contributed by atoms with van der Waals surface area (Å²) in [5.74, 6) is -1.61. The molecule has 610 valence electrons. The molecule has 0 amide bonds. The van der Waals surface area contributed by atoms with Gasteiger partial charge in [-0.05, 0) is 154 Å². The van der Waals surface area contributed by atoms with E-state index in [0.717, 1.165) is 199 Å². The smallest absolute Gasteiger partial charge is 0.463 e. The number of phosphoric ester groups is 2. The van der Waals surface area contributed by atoms with Gasteiger partial charge in [0.25, 0.3) is 0 Å². The molecule has 0 heterocycles. The number of rotatable bonds is 77. The minimum Gasteiger partial charge on any atom is -0.463 e. The molecule has 5 unspecified atom stereocenters. The van der Waals surface area contributed by atoms with Gasteiger partial charge in [-0.25, -0.2) is 9.13 Å². The molecule has 0 aliphatic carbocycles. The fourth-order valence-corrected chi connectivity index (χ4v) is 12.3. The Morgan fingerprint density at radius 1 is 0.271 bits per heavy atom. The third kappa shape index (κ3) is 81.7. The van der Waals surface area contributed by atoms with E-state index >= 15 is 0 Å². The summed E-state index contributed by atoms with van der Waals surface area (Å²) >= 11 is 0. The van der Waals surface area contributed by atoms with E-state index in [-0.39, 0.29) is 19.3 Å². The van der Waals surface area contributed by atoms with E-state index in [9.17, 15) is 43.5 Å². The van der Waals surface area contributed by atoms with Crippen molar-refractivity contribution in [2.45, 2.75) is 334 Å². The zero-order valence-electron chi connectivity index (χ0n) is 66.7. The van der Waals surface area contributed by atoms with Crippen LogP contribution in [0.4, 0.5) is 0 Å². The molecule has 0 aromatic carbocycles. The number of aliphatic hydroxyl groups excluding tert-OH is 2. The molecule has 0 radical (unpaired) electrons. The molecule has 0 aliphatic heterocycles. The summed E-state index contributed by atoms with van der Waals surface area (Å²) in [5, 5.41) is 20.7. The van der Waals surface area contributed by atoms with Crippen molar-refractivity contribution in [3.63, 3.8) is 0 Å². The molecule has 16 nitrogen and oxygen atoms in total. The van der Waals surface area contributed by atoms with Crippen molar-refractivity contribution in [3.05, 3.63) is 170 Å². The highest BCUT2D eigenvalue weighted by Crippen LogP contribution is 2.45.